The number of halogens is 3. The average molecular weight is 412 g/mol. The number of imide groups is 1. The Hall–Kier alpha value is -2.79. The zero-order chi connectivity index (χ0) is 19.6. The zero-order valence-electron chi connectivity index (χ0n) is 13.6. The summed E-state index contributed by atoms with van der Waals surface area (Å²) in [4.78, 5) is 33.2. The van der Waals surface area contributed by atoms with Crippen LogP contribution in [-0.4, -0.2) is 29.0 Å². The van der Waals surface area contributed by atoms with Crippen molar-refractivity contribution in [3.05, 3.63) is 51.7 Å². The summed E-state index contributed by atoms with van der Waals surface area (Å²) in [6.07, 6.45) is -4.71. The van der Waals surface area contributed by atoms with E-state index in [0.29, 0.717) is 9.75 Å². The molecule has 0 atom stereocenters. The molecule has 0 aromatic carbocycles. The van der Waals surface area contributed by atoms with Crippen LogP contribution in [0.15, 0.2) is 41.1 Å². The third-order valence-electron chi connectivity index (χ3n) is 3.35. The second-order valence-corrected chi connectivity index (χ2v) is 7.10. The second kappa shape index (κ2) is 7.45. The topological polar surface area (TPSA) is 75.2 Å². The molecule has 0 saturated carbocycles. The van der Waals surface area contributed by atoms with Crippen molar-refractivity contribution in [1.29, 1.82) is 0 Å². The predicted octanol–water partition coefficient (Wildman–Crippen LogP) is 4.27. The van der Waals surface area contributed by atoms with Crippen LogP contribution < -0.4 is 10.2 Å². The first-order valence-electron chi connectivity index (χ1n) is 7.38. The molecule has 0 spiro atoms. The summed E-state index contributed by atoms with van der Waals surface area (Å²) in [6.45, 7) is 0. The zero-order valence-corrected chi connectivity index (χ0v) is 15.3. The van der Waals surface area contributed by atoms with E-state index in [9.17, 15) is 22.8 Å². The molecule has 0 bridgehead atoms. The summed E-state index contributed by atoms with van der Waals surface area (Å²) in [5.74, 6) is -1.13. The van der Waals surface area contributed by atoms with Gasteiger partial charge in [-0.1, -0.05) is 12.1 Å². The lowest BCUT2D eigenvalue weighted by molar-refractivity contribution is -0.141. The molecular formula is C16H11F3N4O2S2. The fourth-order valence-corrected chi connectivity index (χ4v) is 3.33. The fourth-order valence-electron chi connectivity index (χ4n) is 2.02. The van der Waals surface area contributed by atoms with Gasteiger partial charge in [0.1, 0.15) is 0 Å². The van der Waals surface area contributed by atoms with Crippen LogP contribution in [0.4, 0.5) is 23.9 Å². The first-order valence-corrected chi connectivity index (χ1v) is 9.14. The molecular weight excluding hydrogens is 401 g/mol. The third-order valence-corrected chi connectivity index (χ3v) is 5.11. The molecule has 0 saturated heterocycles. The van der Waals surface area contributed by atoms with Crippen molar-refractivity contribution in [2.24, 2.45) is 0 Å². The van der Waals surface area contributed by atoms with E-state index < -0.39 is 29.8 Å². The molecule has 3 heterocycles. The van der Waals surface area contributed by atoms with E-state index in [1.807, 2.05) is 0 Å². The number of thiophene rings is 2. The van der Waals surface area contributed by atoms with E-state index in [4.69, 9.17) is 0 Å². The van der Waals surface area contributed by atoms with Crippen LogP contribution in [0, 0.1) is 0 Å². The van der Waals surface area contributed by atoms with Crippen molar-refractivity contribution >= 4 is 40.6 Å². The Morgan fingerprint density at radius 2 is 1.81 bits per heavy atom. The van der Waals surface area contributed by atoms with Crippen LogP contribution in [0.3, 0.4) is 0 Å². The summed E-state index contributed by atoms with van der Waals surface area (Å²) < 4.78 is 39.6. The Morgan fingerprint density at radius 1 is 1.11 bits per heavy atom. The number of nitrogens with one attached hydrogen (secondary N) is 1. The van der Waals surface area contributed by atoms with E-state index in [1.54, 1.807) is 29.0 Å². The highest BCUT2D eigenvalue weighted by molar-refractivity contribution is 7.13. The second-order valence-electron chi connectivity index (χ2n) is 5.21. The quantitative estimate of drug-likeness (QED) is 0.697. The minimum atomic E-state index is -4.71. The molecule has 6 nitrogen and oxygen atoms in total. The van der Waals surface area contributed by atoms with E-state index in [-0.39, 0.29) is 5.69 Å². The van der Waals surface area contributed by atoms with Gasteiger partial charge in [0.05, 0.1) is 15.4 Å². The van der Waals surface area contributed by atoms with Gasteiger partial charge < -0.3 is 0 Å². The number of nitrogens with zero attached hydrogens (tertiary/aromatic N) is 3. The number of hydrogen-bond donors (Lipinski definition) is 1. The van der Waals surface area contributed by atoms with Gasteiger partial charge in [-0.2, -0.15) is 13.2 Å². The summed E-state index contributed by atoms with van der Waals surface area (Å²) in [5, 5.41) is 5.45. The molecule has 0 aliphatic rings. The van der Waals surface area contributed by atoms with Gasteiger partial charge in [-0.05, 0) is 29.0 Å². The lowest BCUT2D eigenvalue weighted by atomic mass is 10.2. The van der Waals surface area contributed by atoms with Crippen LogP contribution in [0.1, 0.15) is 15.4 Å². The van der Waals surface area contributed by atoms with Gasteiger partial charge in [0.2, 0.25) is 5.95 Å². The summed E-state index contributed by atoms with van der Waals surface area (Å²) in [6, 6.07) is 6.31. The molecule has 1 N–H and O–H groups in total. The molecule has 0 fully saturated rings. The molecule has 0 unspecified atom stereocenters. The largest absolute Gasteiger partial charge is 0.433 e. The van der Waals surface area contributed by atoms with Gasteiger partial charge in [0.25, 0.3) is 5.91 Å². The molecule has 0 aliphatic heterocycles. The van der Waals surface area contributed by atoms with Crippen LogP contribution in [0.5, 0.6) is 0 Å². The van der Waals surface area contributed by atoms with Gasteiger partial charge in [0.15, 0.2) is 5.69 Å². The summed E-state index contributed by atoms with van der Waals surface area (Å²) in [7, 11) is 1.19. The minimum Gasteiger partial charge on any atom is -0.273 e. The van der Waals surface area contributed by atoms with Crippen LogP contribution in [0.25, 0.3) is 10.6 Å². The SMILES string of the molecule is CN(C(=O)NC(=O)c1cccs1)c1nc(-c2cccs2)cc(C(F)(F)F)n1. The molecule has 140 valence electrons. The van der Waals surface area contributed by atoms with Crippen molar-refractivity contribution in [1.82, 2.24) is 15.3 Å². The van der Waals surface area contributed by atoms with Gasteiger partial charge in [-0.25, -0.2) is 14.8 Å². The van der Waals surface area contributed by atoms with Crippen molar-refractivity contribution in [2.75, 3.05) is 11.9 Å². The summed E-state index contributed by atoms with van der Waals surface area (Å²) in [5.41, 5.74) is -1.15. The van der Waals surface area contributed by atoms with Crippen molar-refractivity contribution in [2.45, 2.75) is 6.18 Å². The first kappa shape index (κ1) is 19.0. The van der Waals surface area contributed by atoms with Gasteiger partial charge >= 0.3 is 12.2 Å². The highest BCUT2D eigenvalue weighted by Gasteiger charge is 2.34. The molecule has 3 aromatic rings. The molecule has 0 radical (unpaired) electrons. The Labute approximate surface area is 159 Å². The molecule has 3 rings (SSSR count). The predicted molar refractivity (Wildman–Crippen MR) is 95.9 cm³/mol. The Bertz CT molecular complexity index is 957. The lowest BCUT2D eigenvalue weighted by Crippen LogP contribution is -2.41. The molecule has 3 aromatic heterocycles. The maximum Gasteiger partial charge on any atom is 0.433 e. The number of urea groups is 1. The Kier molecular flexibility index (Phi) is 5.24. The van der Waals surface area contributed by atoms with E-state index in [2.05, 4.69) is 15.3 Å². The average Bonchev–Trinajstić information content (AvgIpc) is 3.33. The molecule has 11 heteroatoms. The monoisotopic (exact) mass is 412 g/mol. The standard InChI is InChI=1S/C16H11F3N4O2S2/c1-23(15(25)22-13(24)11-5-3-7-27-11)14-20-9(10-4-2-6-26-10)8-12(21-14)16(17,18)19/h2-8H,1H3,(H,22,24,25). The smallest absolute Gasteiger partial charge is 0.273 e. The van der Waals surface area contributed by atoms with Crippen LogP contribution in [-0.2, 0) is 6.18 Å². The number of amides is 3. The molecule has 0 aliphatic carbocycles. The maximum atomic E-state index is 13.2. The van der Waals surface area contributed by atoms with Crippen LogP contribution in [0.2, 0.25) is 0 Å². The lowest BCUT2D eigenvalue weighted by Gasteiger charge is -2.17. The summed E-state index contributed by atoms with van der Waals surface area (Å²) >= 11 is 2.33. The third kappa shape index (κ3) is 4.31. The number of carbonyl (C=O) groups excluding carboxylic acids is 2. The van der Waals surface area contributed by atoms with E-state index in [0.717, 1.165) is 22.3 Å². The highest BCUT2D eigenvalue weighted by Crippen LogP contribution is 2.32. The number of rotatable bonds is 3. The first-order chi connectivity index (χ1) is 12.8. The van der Waals surface area contributed by atoms with Crippen LogP contribution >= 0.6 is 22.7 Å². The van der Waals surface area contributed by atoms with E-state index in [1.165, 1.54) is 24.5 Å². The van der Waals surface area contributed by atoms with Gasteiger partial charge in [0, 0.05) is 7.05 Å². The van der Waals surface area contributed by atoms with Crippen molar-refractivity contribution in [3.63, 3.8) is 0 Å². The molecule has 3 amide bonds. The minimum absolute atomic E-state index is 0.0339. The number of aromatic nitrogens is 2. The van der Waals surface area contributed by atoms with Crippen molar-refractivity contribution in [3.8, 4) is 10.6 Å². The Balaban J connectivity index is 1.91. The normalized spacial score (nSPS) is 11.3. The molecule has 27 heavy (non-hydrogen) atoms. The fraction of sp³-hybridized carbons (Fsp3) is 0.125. The van der Waals surface area contributed by atoms with Crippen molar-refractivity contribution < 1.29 is 22.8 Å². The maximum absolute atomic E-state index is 13.2. The Morgan fingerprint density at radius 3 is 2.41 bits per heavy atom. The number of alkyl halides is 3. The number of hydrogen-bond acceptors (Lipinski definition) is 6. The van der Waals surface area contributed by atoms with Gasteiger partial charge in [-0.15, -0.1) is 22.7 Å². The number of carbonyl (C=O) groups is 2. The van der Waals surface area contributed by atoms with Gasteiger partial charge in [-0.3, -0.25) is 15.0 Å². The highest BCUT2D eigenvalue weighted by atomic mass is 32.1. The number of anilines is 1. The van der Waals surface area contributed by atoms with E-state index >= 15 is 0 Å².